The SMILES string of the molecule is N#CCCC(=O)NCCc1ccc(Cl)cc1Cl. The van der Waals surface area contributed by atoms with Crippen LogP contribution in [0, 0.1) is 11.3 Å². The maximum absolute atomic E-state index is 11.2. The van der Waals surface area contributed by atoms with E-state index in [1.54, 1.807) is 12.1 Å². The van der Waals surface area contributed by atoms with Crippen molar-refractivity contribution in [2.45, 2.75) is 19.3 Å². The number of hydrogen-bond acceptors (Lipinski definition) is 2. The fraction of sp³-hybridized carbons (Fsp3) is 0.333. The maximum Gasteiger partial charge on any atom is 0.221 e. The molecule has 1 rings (SSSR count). The van der Waals surface area contributed by atoms with E-state index in [0.717, 1.165) is 5.56 Å². The van der Waals surface area contributed by atoms with Crippen molar-refractivity contribution in [2.24, 2.45) is 0 Å². The molecule has 1 aromatic carbocycles. The van der Waals surface area contributed by atoms with E-state index >= 15 is 0 Å². The molecule has 0 saturated heterocycles. The lowest BCUT2D eigenvalue weighted by molar-refractivity contribution is -0.120. The van der Waals surface area contributed by atoms with Gasteiger partial charge < -0.3 is 5.32 Å². The molecular weight excluding hydrogens is 259 g/mol. The lowest BCUT2D eigenvalue weighted by Crippen LogP contribution is -2.25. The molecule has 0 saturated carbocycles. The van der Waals surface area contributed by atoms with Gasteiger partial charge in [-0.3, -0.25) is 4.79 Å². The van der Waals surface area contributed by atoms with Gasteiger partial charge in [0.05, 0.1) is 6.07 Å². The molecule has 5 heteroatoms. The van der Waals surface area contributed by atoms with E-state index in [9.17, 15) is 4.79 Å². The van der Waals surface area contributed by atoms with Crippen molar-refractivity contribution < 1.29 is 4.79 Å². The van der Waals surface area contributed by atoms with Crippen molar-refractivity contribution in [2.75, 3.05) is 6.54 Å². The second kappa shape index (κ2) is 7.16. The van der Waals surface area contributed by atoms with Crippen LogP contribution in [0.15, 0.2) is 18.2 Å². The third-order valence-electron chi connectivity index (χ3n) is 2.20. The van der Waals surface area contributed by atoms with E-state index in [0.29, 0.717) is 23.0 Å². The van der Waals surface area contributed by atoms with Gasteiger partial charge in [0, 0.05) is 29.4 Å². The van der Waals surface area contributed by atoms with Crippen LogP contribution in [0.5, 0.6) is 0 Å². The Kier molecular flexibility index (Phi) is 5.82. The number of nitrogens with one attached hydrogen (secondary N) is 1. The first-order chi connectivity index (χ1) is 8.13. The Labute approximate surface area is 110 Å². The van der Waals surface area contributed by atoms with E-state index in [1.165, 1.54) is 0 Å². The van der Waals surface area contributed by atoms with Gasteiger partial charge in [0.25, 0.3) is 0 Å². The van der Waals surface area contributed by atoms with Crippen molar-refractivity contribution in [1.29, 1.82) is 5.26 Å². The fourth-order valence-electron chi connectivity index (χ4n) is 1.32. The van der Waals surface area contributed by atoms with Crippen LogP contribution in [-0.2, 0) is 11.2 Å². The molecule has 17 heavy (non-hydrogen) atoms. The van der Waals surface area contributed by atoms with Crippen LogP contribution in [0.3, 0.4) is 0 Å². The van der Waals surface area contributed by atoms with Crippen LogP contribution in [0.2, 0.25) is 10.0 Å². The molecule has 0 aliphatic rings. The van der Waals surface area contributed by atoms with Crippen LogP contribution in [0.4, 0.5) is 0 Å². The van der Waals surface area contributed by atoms with Gasteiger partial charge in [0.2, 0.25) is 5.91 Å². The van der Waals surface area contributed by atoms with Crippen molar-refractivity contribution in [3.8, 4) is 6.07 Å². The molecule has 3 nitrogen and oxygen atoms in total. The second-order valence-electron chi connectivity index (χ2n) is 3.49. The average Bonchev–Trinajstić information content (AvgIpc) is 2.29. The normalized spacial score (nSPS) is 9.71. The highest BCUT2D eigenvalue weighted by atomic mass is 35.5. The van der Waals surface area contributed by atoms with Crippen molar-refractivity contribution in [1.82, 2.24) is 5.32 Å². The highest BCUT2D eigenvalue weighted by Crippen LogP contribution is 2.20. The smallest absolute Gasteiger partial charge is 0.221 e. The lowest BCUT2D eigenvalue weighted by atomic mass is 10.1. The van der Waals surface area contributed by atoms with E-state index in [2.05, 4.69) is 5.32 Å². The van der Waals surface area contributed by atoms with Gasteiger partial charge in [-0.1, -0.05) is 29.3 Å². The summed E-state index contributed by atoms with van der Waals surface area (Å²) in [6, 6.07) is 7.21. The van der Waals surface area contributed by atoms with Gasteiger partial charge in [-0.2, -0.15) is 5.26 Å². The van der Waals surface area contributed by atoms with E-state index in [-0.39, 0.29) is 18.7 Å². The molecule has 0 aliphatic carbocycles. The number of nitriles is 1. The molecule has 0 aromatic heterocycles. The number of carbonyl (C=O) groups is 1. The first kappa shape index (κ1) is 13.8. The molecule has 1 aromatic rings. The molecule has 0 bridgehead atoms. The zero-order valence-electron chi connectivity index (χ0n) is 9.17. The summed E-state index contributed by atoms with van der Waals surface area (Å²) >= 11 is 11.8. The van der Waals surface area contributed by atoms with E-state index < -0.39 is 0 Å². The molecule has 0 unspecified atom stereocenters. The molecular formula is C12H12Cl2N2O. The highest BCUT2D eigenvalue weighted by Gasteiger charge is 2.03. The number of benzene rings is 1. The molecule has 0 heterocycles. The zero-order chi connectivity index (χ0) is 12.7. The summed E-state index contributed by atoms with van der Waals surface area (Å²) in [7, 11) is 0. The second-order valence-corrected chi connectivity index (χ2v) is 4.34. The summed E-state index contributed by atoms with van der Waals surface area (Å²) in [5, 5.41) is 12.2. The number of nitrogens with zero attached hydrogens (tertiary/aromatic N) is 1. The summed E-state index contributed by atoms with van der Waals surface area (Å²) in [5.41, 5.74) is 0.941. The minimum absolute atomic E-state index is 0.114. The van der Waals surface area contributed by atoms with E-state index in [4.69, 9.17) is 28.5 Å². The summed E-state index contributed by atoms with van der Waals surface area (Å²) in [6.07, 6.45) is 1.13. The molecule has 0 radical (unpaired) electrons. The number of carbonyl (C=O) groups excluding carboxylic acids is 1. The number of amides is 1. The van der Waals surface area contributed by atoms with Crippen LogP contribution in [-0.4, -0.2) is 12.5 Å². The van der Waals surface area contributed by atoms with Gasteiger partial charge in [0.1, 0.15) is 0 Å². The zero-order valence-corrected chi connectivity index (χ0v) is 10.7. The summed E-state index contributed by atoms with van der Waals surface area (Å²) in [4.78, 5) is 11.2. The fourth-order valence-corrected chi connectivity index (χ4v) is 1.82. The predicted molar refractivity (Wildman–Crippen MR) is 68.0 cm³/mol. The van der Waals surface area contributed by atoms with Gasteiger partial charge in [-0.15, -0.1) is 0 Å². The molecule has 90 valence electrons. The molecule has 0 fully saturated rings. The largest absolute Gasteiger partial charge is 0.356 e. The topological polar surface area (TPSA) is 52.9 Å². The summed E-state index contributed by atoms with van der Waals surface area (Å²) in [5.74, 6) is -0.114. The van der Waals surface area contributed by atoms with Gasteiger partial charge >= 0.3 is 0 Å². The molecule has 1 N–H and O–H groups in total. The van der Waals surface area contributed by atoms with Gasteiger partial charge in [-0.25, -0.2) is 0 Å². The minimum atomic E-state index is -0.114. The lowest BCUT2D eigenvalue weighted by Gasteiger charge is -2.06. The summed E-state index contributed by atoms with van der Waals surface area (Å²) in [6.45, 7) is 0.506. The Balaban J connectivity index is 2.36. The molecule has 0 atom stereocenters. The van der Waals surface area contributed by atoms with Gasteiger partial charge in [-0.05, 0) is 24.1 Å². The monoisotopic (exact) mass is 270 g/mol. The van der Waals surface area contributed by atoms with Crippen LogP contribution in [0.25, 0.3) is 0 Å². The van der Waals surface area contributed by atoms with Crippen molar-refractivity contribution >= 4 is 29.1 Å². The number of hydrogen-bond donors (Lipinski definition) is 1. The minimum Gasteiger partial charge on any atom is -0.356 e. The Morgan fingerprint density at radius 1 is 1.41 bits per heavy atom. The Hall–Kier alpha value is -1.24. The quantitative estimate of drug-likeness (QED) is 0.895. The molecule has 0 aliphatic heterocycles. The third kappa shape index (κ3) is 5.08. The average molecular weight is 271 g/mol. The first-order valence-corrected chi connectivity index (χ1v) is 5.96. The van der Waals surface area contributed by atoms with Crippen molar-refractivity contribution in [3.63, 3.8) is 0 Å². The molecule has 0 spiro atoms. The standard InChI is InChI=1S/C12H12Cl2N2O/c13-10-4-3-9(11(14)8-10)5-7-16-12(17)2-1-6-15/h3-4,8H,1-2,5,7H2,(H,16,17). The van der Waals surface area contributed by atoms with Crippen molar-refractivity contribution in [3.05, 3.63) is 33.8 Å². The van der Waals surface area contributed by atoms with E-state index in [1.807, 2.05) is 12.1 Å². The maximum atomic E-state index is 11.2. The molecule has 1 amide bonds. The highest BCUT2D eigenvalue weighted by molar-refractivity contribution is 6.35. The third-order valence-corrected chi connectivity index (χ3v) is 2.78. The van der Waals surface area contributed by atoms with Crippen LogP contribution < -0.4 is 5.32 Å². The Bertz CT molecular complexity index is 441. The number of halogens is 2. The van der Waals surface area contributed by atoms with Crippen LogP contribution >= 0.6 is 23.2 Å². The number of rotatable bonds is 5. The Morgan fingerprint density at radius 3 is 2.82 bits per heavy atom. The van der Waals surface area contributed by atoms with Gasteiger partial charge in [0.15, 0.2) is 0 Å². The Morgan fingerprint density at radius 2 is 2.18 bits per heavy atom. The first-order valence-electron chi connectivity index (χ1n) is 5.21. The summed E-state index contributed by atoms with van der Waals surface area (Å²) < 4.78 is 0. The van der Waals surface area contributed by atoms with Crippen LogP contribution in [0.1, 0.15) is 18.4 Å². The predicted octanol–water partition coefficient (Wildman–Crippen LogP) is 2.96.